The van der Waals surface area contributed by atoms with Crippen molar-refractivity contribution in [3.05, 3.63) is 54.0 Å². The van der Waals surface area contributed by atoms with Crippen LogP contribution in [0.4, 0.5) is 15.8 Å². The van der Waals surface area contributed by atoms with Crippen molar-refractivity contribution < 1.29 is 18.7 Å². The molecule has 182 valence electrons. The fourth-order valence-corrected chi connectivity index (χ4v) is 5.50. The summed E-state index contributed by atoms with van der Waals surface area (Å²) >= 11 is 1.56. The van der Waals surface area contributed by atoms with E-state index in [1.165, 1.54) is 19.4 Å². The topological polar surface area (TPSA) is 92.3 Å². The number of benzene rings is 2. The number of amides is 2. The molecule has 2 amide bonds. The third kappa shape index (κ3) is 5.26. The minimum Gasteiger partial charge on any atom is -0.497 e. The van der Waals surface area contributed by atoms with Gasteiger partial charge >= 0.3 is 0 Å². The number of nitrogens with zero attached hydrogens (tertiary/aromatic N) is 1. The molecule has 1 saturated carbocycles. The Kier molecular flexibility index (Phi) is 6.88. The second-order valence-electron chi connectivity index (χ2n) is 8.95. The van der Waals surface area contributed by atoms with Gasteiger partial charge in [-0.1, -0.05) is 6.07 Å². The molecule has 5 rings (SSSR count). The quantitative estimate of drug-likeness (QED) is 0.460. The first-order valence-electron chi connectivity index (χ1n) is 11.7. The number of carbonyl (C=O) groups is 2. The van der Waals surface area contributed by atoms with E-state index in [0.29, 0.717) is 35.2 Å². The number of carbonyl (C=O) groups excluding carboxylic acids is 2. The van der Waals surface area contributed by atoms with Crippen LogP contribution in [0.1, 0.15) is 31.2 Å². The van der Waals surface area contributed by atoms with Gasteiger partial charge in [-0.05, 0) is 55.5 Å². The maximum atomic E-state index is 14.4. The van der Waals surface area contributed by atoms with Crippen LogP contribution in [0.15, 0.2) is 47.5 Å². The molecule has 3 N–H and O–H groups in total. The van der Waals surface area contributed by atoms with Gasteiger partial charge in [-0.2, -0.15) is 0 Å². The van der Waals surface area contributed by atoms with Gasteiger partial charge in [0, 0.05) is 41.0 Å². The van der Waals surface area contributed by atoms with Gasteiger partial charge in [0.2, 0.25) is 11.8 Å². The molecule has 9 heteroatoms. The number of hydrogen-bond acceptors (Lipinski definition) is 6. The normalized spacial score (nSPS) is 19.7. The van der Waals surface area contributed by atoms with Crippen molar-refractivity contribution in [2.75, 3.05) is 23.5 Å². The molecule has 1 aliphatic carbocycles. The lowest BCUT2D eigenvalue weighted by Crippen LogP contribution is -2.36. The minimum atomic E-state index is -0.484. The maximum absolute atomic E-state index is 14.4. The molecule has 3 aromatic rings. The first-order chi connectivity index (χ1) is 17.0. The summed E-state index contributed by atoms with van der Waals surface area (Å²) in [5.41, 5.74) is 2.75. The molecule has 0 bridgehead atoms. The molecule has 2 aromatic carbocycles. The number of anilines is 2. The average Bonchev–Trinajstić information content (AvgIpc) is 2.87. The van der Waals surface area contributed by atoms with Crippen molar-refractivity contribution in [3.8, 4) is 5.75 Å². The number of thioether (sulfide) groups is 1. The largest absolute Gasteiger partial charge is 0.497 e. The second kappa shape index (κ2) is 10.2. The van der Waals surface area contributed by atoms with E-state index in [-0.39, 0.29) is 23.2 Å². The predicted octanol–water partition coefficient (Wildman–Crippen LogP) is 4.71. The van der Waals surface area contributed by atoms with Gasteiger partial charge in [-0.3, -0.25) is 14.6 Å². The van der Waals surface area contributed by atoms with Crippen LogP contribution in [0.3, 0.4) is 0 Å². The lowest BCUT2D eigenvalue weighted by molar-refractivity contribution is -0.121. The molecule has 1 aromatic heterocycles. The van der Waals surface area contributed by atoms with E-state index in [4.69, 9.17) is 4.74 Å². The Bertz CT molecular complexity index is 1280. The summed E-state index contributed by atoms with van der Waals surface area (Å²) in [4.78, 5) is 29.8. The Balaban J connectivity index is 1.16. The molecule has 1 aliphatic heterocycles. The molecule has 0 atom stereocenters. The van der Waals surface area contributed by atoms with Gasteiger partial charge in [-0.15, -0.1) is 11.8 Å². The monoisotopic (exact) mass is 494 g/mol. The minimum absolute atomic E-state index is 0.0354. The summed E-state index contributed by atoms with van der Waals surface area (Å²) in [5, 5.41) is 10.0. The summed E-state index contributed by atoms with van der Waals surface area (Å²) in [7, 11) is 1.48. The van der Waals surface area contributed by atoms with Gasteiger partial charge in [0.05, 0.1) is 24.2 Å². The lowest BCUT2D eigenvalue weighted by atomic mass is 9.85. The third-order valence-corrected chi connectivity index (χ3v) is 7.71. The van der Waals surface area contributed by atoms with Gasteiger partial charge in [0.15, 0.2) is 5.82 Å². The van der Waals surface area contributed by atoms with Crippen LogP contribution in [0.5, 0.6) is 5.75 Å². The Morgan fingerprint density at radius 3 is 2.83 bits per heavy atom. The van der Waals surface area contributed by atoms with Crippen LogP contribution in [-0.4, -0.2) is 35.7 Å². The van der Waals surface area contributed by atoms with Crippen molar-refractivity contribution in [2.24, 2.45) is 5.92 Å². The summed E-state index contributed by atoms with van der Waals surface area (Å²) in [5.74, 6) is 0.245. The fraction of sp³-hybridized carbons (Fsp3) is 0.346. The van der Waals surface area contributed by atoms with Gasteiger partial charge in [0.25, 0.3) is 0 Å². The highest BCUT2D eigenvalue weighted by atomic mass is 32.2. The molecule has 35 heavy (non-hydrogen) atoms. The standard InChI is InChI=1S/C26H27FN4O3S/c1-34-18-11-19-21(8-9-28-25(19)20(27)12-18)31-26(33)16-3-5-17(6-4-16)29-13-15-2-7-23-22(10-15)30-24(32)14-35-23/h2,7-12,16-17,29H,3-6,13-14H2,1H3,(H,30,32)(H,28,31,33). The molecule has 0 unspecified atom stereocenters. The van der Waals surface area contributed by atoms with E-state index >= 15 is 0 Å². The number of hydrogen-bond donors (Lipinski definition) is 3. The number of rotatable bonds is 6. The number of aromatic nitrogens is 1. The van der Waals surface area contributed by atoms with Crippen molar-refractivity contribution in [3.63, 3.8) is 0 Å². The molecule has 7 nitrogen and oxygen atoms in total. The Morgan fingerprint density at radius 2 is 2.03 bits per heavy atom. The molecule has 2 aliphatic rings. The third-order valence-electron chi connectivity index (χ3n) is 6.64. The van der Waals surface area contributed by atoms with Crippen LogP contribution >= 0.6 is 11.8 Å². The van der Waals surface area contributed by atoms with E-state index < -0.39 is 5.82 Å². The van der Waals surface area contributed by atoms with Gasteiger partial charge < -0.3 is 20.7 Å². The zero-order valence-electron chi connectivity index (χ0n) is 19.4. The zero-order valence-corrected chi connectivity index (χ0v) is 20.2. The highest BCUT2D eigenvalue weighted by molar-refractivity contribution is 8.00. The molecule has 0 saturated heterocycles. The van der Waals surface area contributed by atoms with Crippen LogP contribution in [-0.2, 0) is 16.1 Å². The second-order valence-corrected chi connectivity index (χ2v) is 9.97. The fourth-order valence-electron chi connectivity index (χ4n) is 4.71. The van der Waals surface area contributed by atoms with Gasteiger partial charge in [-0.25, -0.2) is 4.39 Å². The van der Waals surface area contributed by atoms with Crippen molar-refractivity contribution in [1.29, 1.82) is 0 Å². The maximum Gasteiger partial charge on any atom is 0.234 e. The predicted molar refractivity (Wildman–Crippen MR) is 135 cm³/mol. The van der Waals surface area contributed by atoms with Crippen molar-refractivity contribution in [2.45, 2.75) is 43.2 Å². The summed E-state index contributed by atoms with van der Waals surface area (Å²) in [6, 6.07) is 11.2. The molecular weight excluding hydrogens is 467 g/mol. The van der Waals surface area contributed by atoms with Gasteiger partial charge in [0.1, 0.15) is 11.3 Å². The summed E-state index contributed by atoms with van der Waals surface area (Å²) < 4.78 is 19.5. The van der Waals surface area contributed by atoms with Crippen molar-refractivity contribution >= 4 is 45.9 Å². The summed E-state index contributed by atoms with van der Waals surface area (Å²) in [6.07, 6.45) is 4.85. The van der Waals surface area contributed by atoms with E-state index in [1.54, 1.807) is 23.9 Å². The number of fused-ring (bicyclic) bond motifs is 2. The van der Waals surface area contributed by atoms with Crippen LogP contribution in [0.25, 0.3) is 10.9 Å². The average molecular weight is 495 g/mol. The lowest BCUT2D eigenvalue weighted by Gasteiger charge is -2.29. The van der Waals surface area contributed by atoms with E-state index in [0.717, 1.165) is 41.8 Å². The number of ether oxygens (including phenoxy) is 1. The van der Waals surface area contributed by atoms with Crippen molar-refractivity contribution in [1.82, 2.24) is 10.3 Å². The first-order valence-corrected chi connectivity index (χ1v) is 12.7. The van der Waals surface area contributed by atoms with E-state index in [2.05, 4.69) is 33.1 Å². The zero-order chi connectivity index (χ0) is 24.4. The number of methoxy groups -OCH3 is 1. The highest BCUT2D eigenvalue weighted by Crippen LogP contribution is 2.33. The Morgan fingerprint density at radius 1 is 1.20 bits per heavy atom. The van der Waals surface area contributed by atoms with Crippen LogP contribution in [0.2, 0.25) is 0 Å². The van der Waals surface area contributed by atoms with Crippen LogP contribution < -0.4 is 20.7 Å². The van der Waals surface area contributed by atoms with E-state index in [9.17, 15) is 14.0 Å². The van der Waals surface area contributed by atoms with E-state index in [1.807, 2.05) is 6.07 Å². The first kappa shape index (κ1) is 23.6. The molecule has 1 fully saturated rings. The SMILES string of the molecule is COc1cc(F)c2nccc(NC(=O)C3CCC(NCc4ccc5c(c4)NC(=O)CS5)CC3)c2c1. The Labute approximate surface area is 207 Å². The Hall–Kier alpha value is -3.17. The number of pyridine rings is 1. The number of halogens is 1. The van der Waals surface area contributed by atoms with Crippen LogP contribution in [0, 0.1) is 11.7 Å². The summed E-state index contributed by atoms with van der Waals surface area (Å²) in [6.45, 7) is 0.714. The highest BCUT2D eigenvalue weighted by Gasteiger charge is 2.27. The number of nitrogens with one attached hydrogen (secondary N) is 3. The molecule has 0 radical (unpaired) electrons. The smallest absolute Gasteiger partial charge is 0.234 e. The molecule has 2 heterocycles. The molecule has 0 spiro atoms. The molecular formula is C26H27FN4O3S.